The van der Waals surface area contributed by atoms with Crippen molar-refractivity contribution in [2.75, 3.05) is 0 Å². The molecule has 0 spiro atoms. The zero-order chi connectivity index (χ0) is 39.9. The van der Waals surface area contributed by atoms with Crippen LogP contribution in [0.5, 0.6) is 0 Å². The van der Waals surface area contributed by atoms with Gasteiger partial charge in [-0.05, 0) is 66.0 Å². The molecule has 5 heterocycles. The number of benzene rings is 9. The molecule has 9 aromatic carbocycles. The fourth-order valence-electron chi connectivity index (χ4n) is 10.5. The largest absolute Gasteiger partial charge is 0.309 e. The molecule has 0 bridgehead atoms. The van der Waals surface area contributed by atoms with Gasteiger partial charge >= 0.3 is 0 Å². The Morgan fingerprint density at radius 1 is 0.410 bits per heavy atom. The molecule has 0 aliphatic rings. The van der Waals surface area contributed by atoms with Crippen LogP contribution in [0.1, 0.15) is 5.56 Å². The minimum atomic E-state index is 0.587. The van der Waals surface area contributed by atoms with Crippen LogP contribution in [0.15, 0.2) is 182 Å². The molecule has 0 fully saturated rings. The van der Waals surface area contributed by atoms with Gasteiger partial charge in [-0.2, -0.15) is 5.26 Å². The van der Waals surface area contributed by atoms with Gasteiger partial charge in [-0.25, -0.2) is 9.97 Å². The quantitative estimate of drug-likeness (QED) is 0.168. The zero-order valence-electron chi connectivity index (χ0n) is 32.5. The Morgan fingerprint density at radius 2 is 1.08 bits per heavy atom. The van der Waals surface area contributed by atoms with Gasteiger partial charge in [0.1, 0.15) is 0 Å². The Labute approximate surface area is 347 Å². The summed E-state index contributed by atoms with van der Waals surface area (Å²) in [5.41, 5.74) is 12.2. The van der Waals surface area contributed by atoms with Crippen LogP contribution in [0.3, 0.4) is 0 Å². The molecule has 5 aromatic heterocycles. The second kappa shape index (κ2) is 11.8. The van der Waals surface area contributed by atoms with Gasteiger partial charge in [0.05, 0.1) is 61.5 Å². The molecule has 0 radical (unpaired) electrons. The van der Waals surface area contributed by atoms with Gasteiger partial charge in [0.15, 0.2) is 0 Å². The lowest BCUT2D eigenvalue weighted by Crippen LogP contribution is -2.04. The Balaban J connectivity index is 1.27. The Kier molecular flexibility index (Phi) is 6.27. The number of nitrogens with zero attached hydrogens (tertiary/aromatic N) is 6. The lowest BCUT2D eigenvalue weighted by Gasteiger charge is -2.14. The molecule has 14 rings (SSSR count). The summed E-state index contributed by atoms with van der Waals surface area (Å²) in [6.45, 7) is 0. The highest BCUT2D eigenvalue weighted by molar-refractivity contribution is 6.39. The monoisotopic (exact) mass is 774 g/mol. The fraction of sp³-hybridized carbons (Fsp3) is 0. The van der Waals surface area contributed by atoms with Crippen LogP contribution in [0.4, 0.5) is 0 Å². The first-order valence-corrected chi connectivity index (χ1v) is 20.6. The first-order chi connectivity index (χ1) is 30.2. The third-order valence-electron chi connectivity index (χ3n) is 13.0. The van der Waals surface area contributed by atoms with E-state index in [1.165, 1.54) is 48.7 Å². The average Bonchev–Trinajstić information content (AvgIpc) is 3.93. The maximum absolute atomic E-state index is 9.71. The summed E-state index contributed by atoms with van der Waals surface area (Å²) < 4.78 is 7.21. The minimum absolute atomic E-state index is 0.587. The van der Waals surface area contributed by atoms with E-state index in [0.717, 1.165) is 71.6 Å². The maximum atomic E-state index is 9.71. The highest BCUT2D eigenvalue weighted by Crippen LogP contribution is 2.49. The third kappa shape index (κ3) is 4.19. The Morgan fingerprint density at radius 3 is 1.93 bits per heavy atom. The molecule has 280 valence electrons. The van der Waals surface area contributed by atoms with Crippen molar-refractivity contribution in [2.24, 2.45) is 0 Å². The summed E-state index contributed by atoms with van der Waals surface area (Å²) in [6.07, 6.45) is 0. The van der Waals surface area contributed by atoms with Gasteiger partial charge in [0.25, 0.3) is 0 Å². The van der Waals surface area contributed by atoms with Gasteiger partial charge in [0, 0.05) is 65.1 Å². The van der Waals surface area contributed by atoms with Crippen LogP contribution in [-0.4, -0.2) is 23.5 Å². The van der Waals surface area contributed by atoms with Gasteiger partial charge in [-0.15, -0.1) is 0 Å². The van der Waals surface area contributed by atoms with E-state index in [1.807, 2.05) is 24.3 Å². The topological polar surface area (TPSA) is 63.8 Å². The molecular formula is C55H30N6. The number of para-hydroxylation sites is 4. The highest BCUT2D eigenvalue weighted by Gasteiger charge is 2.27. The normalized spacial score (nSPS) is 12.2. The van der Waals surface area contributed by atoms with Crippen molar-refractivity contribution in [2.45, 2.75) is 0 Å². The molecular weight excluding hydrogens is 745 g/mol. The number of fused-ring (bicyclic) bond motifs is 12. The Bertz CT molecular complexity index is 4220. The van der Waals surface area contributed by atoms with Crippen LogP contribution >= 0.6 is 0 Å². The van der Waals surface area contributed by atoms with E-state index >= 15 is 0 Å². The number of hydrogen-bond donors (Lipinski definition) is 0. The summed E-state index contributed by atoms with van der Waals surface area (Å²) in [4.78, 5) is 11.1. The van der Waals surface area contributed by atoms with E-state index in [-0.39, 0.29) is 0 Å². The third-order valence-corrected chi connectivity index (χ3v) is 13.0. The molecule has 0 aliphatic heterocycles. The molecule has 0 unspecified atom stereocenters. The standard InChI is InChI=1S/C55H30N6/c56-31-32-24-26-34(27-25-32)52-41-29-28-33-12-4-5-15-36(33)53(41)58-55(57-52)61-45-23-11-22-44-50(45)51-47(61)30-46-48(39-17-7-9-21-43(39)59(46)35-13-2-1-3-14-35)49(51)40-19-10-18-38-37-16-6-8-20-42(37)60(44)54(38)40/h1-30H. The number of rotatable bonds is 3. The fourth-order valence-corrected chi connectivity index (χ4v) is 10.5. The summed E-state index contributed by atoms with van der Waals surface area (Å²) >= 11 is 0. The lowest BCUT2D eigenvalue weighted by atomic mass is 9.98. The first kappa shape index (κ1) is 32.4. The van der Waals surface area contributed by atoms with Gasteiger partial charge < -0.3 is 8.97 Å². The Hall–Kier alpha value is -8.53. The molecule has 0 aliphatic carbocycles. The van der Waals surface area contributed by atoms with E-state index in [4.69, 9.17) is 9.97 Å². The van der Waals surface area contributed by atoms with Crippen LogP contribution in [0.25, 0.3) is 126 Å². The molecule has 0 amide bonds. The summed E-state index contributed by atoms with van der Waals surface area (Å²) in [5.74, 6) is 0.587. The smallest absolute Gasteiger partial charge is 0.235 e. The molecule has 0 N–H and O–H groups in total. The van der Waals surface area contributed by atoms with Crippen molar-refractivity contribution in [3.8, 4) is 29.0 Å². The maximum Gasteiger partial charge on any atom is 0.235 e. The van der Waals surface area contributed by atoms with Crippen molar-refractivity contribution >= 4 is 103 Å². The van der Waals surface area contributed by atoms with Crippen molar-refractivity contribution in [3.63, 3.8) is 0 Å². The van der Waals surface area contributed by atoms with Crippen molar-refractivity contribution in [1.29, 1.82) is 5.26 Å². The second-order valence-corrected chi connectivity index (χ2v) is 16.0. The van der Waals surface area contributed by atoms with Crippen LogP contribution in [0.2, 0.25) is 0 Å². The average molecular weight is 775 g/mol. The second-order valence-electron chi connectivity index (χ2n) is 16.0. The minimum Gasteiger partial charge on any atom is -0.309 e. The van der Waals surface area contributed by atoms with E-state index in [0.29, 0.717) is 11.5 Å². The lowest BCUT2D eigenvalue weighted by molar-refractivity contribution is 1.02. The molecule has 0 saturated heterocycles. The SMILES string of the molecule is N#Cc1ccc(-c2nc(-n3c4cc5c(c6ccccc6n5-c5ccccc5)c5c6cccc7c8ccccc8n(c8cccc3c8c54)c76)nc3c2ccc2ccccc23)cc1. The summed E-state index contributed by atoms with van der Waals surface area (Å²) in [5, 5.41) is 22.5. The molecule has 14 aromatic rings. The predicted octanol–water partition coefficient (Wildman–Crippen LogP) is 13.7. The van der Waals surface area contributed by atoms with Crippen LogP contribution < -0.4 is 0 Å². The first-order valence-electron chi connectivity index (χ1n) is 20.6. The number of hydrogen-bond acceptors (Lipinski definition) is 3. The van der Waals surface area contributed by atoms with E-state index in [9.17, 15) is 5.26 Å². The molecule has 61 heavy (non-hydrogen) atoms. The van der Waals surface area contributed by atoms with Crippen molar-refractivity contribution in [3.05, 3.63) is 188 Å². The van der Waals surface area contributed by atoms with E-state index in [2.05, 4.69) is 177 Å². The van der Waals surface area contributed by atoms with Crippen molar-refractivity contribution < 1.29 is 0 Å². The van der Waals surface area contributed by atoms with Gasteiger partial charge in [-0.3, -0.25) is 4.57 Å². The van der Waals surface area contributed by atoms with Gasteiger partial charge in [-0.1, -0.05) is 121 Å². The van der Waals surface area contributed by atoms with Crippen LogP contribution in [0, 0.1) is 11.3 Å². The van der Waals surface area contributed by atoms with Gasteiger partial charge in [0.2, 0.25) is 5.95 Å². The number of nitriles is 1. The van der Waals surface area contributed by atoms with E-state index < -0.39 is 0 Å². The molecule has 6 heteroatoms. The van der Waals surface area contributed by atoms with Crippen molar-refractivity contribution in [1.82, 2.24) is 23.5 Å². The molecule has 0 saturated carbocycles. The molecule has 6 nitrogen and oxygen atoms in total. The predicted molar refractivity (Wildman–Crippen MR) is 251 cm³/mol. The summed E-state index contributed by atoms with van der Waals surface area (Å²) in [7, 11) is 0. The molecule has 0 atom stereocenters. The number of aromatic nitrogens is 5. The van der Waals surface area contributed by atoms with E-state index in [1.54, 1.807) is 0 Å². The zero-order valence-corrected chi connectivity index (χ0v) is 32.5. The van der Waals surface area contributed by atoms with Crippen LogP contribution in [-0.2, 0) is 0 Å². The highest BCUT2D eigenvalue weighted by atomic mass is 15.2. The summed E-state index contributed by atoms with van der Waals surface area (Å²) in [6, 6.07) is 66.9.